The molecule has 1 N–H and O–H groups in total. The van der Waals surface area contributed by atoms with Crippen LogP contribution in [0.5, 0.6) is 0 Å². The van der Waals surface area contributed by atoms with Gasteiger partial charge in [-0.05, 0) is 31.0 Å². The molecule has 0 aromatic heterocycles. The SMILES string of the molecule is O=C(c1ccccc1)C1C(c2cccc([N+](=O)[O-])c2)C2CCCN2[C@@]12C(=O)Nc1c(C(F)(F)F)cccc12. The Balaban J connectivity index is 1.64. The van der Waals surface area contributed by atoms with Crippen molar-refractivity contribution in [3.8, 4) is 0 Å². The zero-order chi connectivity index (χ0) is 26.8. The number of rotatable bonds is 4. The van der Waals surface area contributed by atoms with Crippen LogP contribution in [-0.4, -0.2) is 34.1 Å². The molecule has 2 fully saturated rings. The molecule has 38 heavy (non-hydrogen) atoms. The lowest BCUT2D eigenvalue weighted by Crippen LogP contribution is -2.52. The Morgan fingerprint density at radius 2 is 1.79 bits per heavy atom. The van der Waals surface area contributed by atoms with Crippen molar-refractivity contribution in [1.82, 2.24) is 4.90 Å². The van der Waals surface area contributed by atoms with E-state index in [1.54, 1.807) is 36.4 Å². The fourth-order valence-corrected chi connectivity index (χ4v) is 6.83. The van der Waals surface area contributed by atoms with Gasteiger partial charge in [-0.2, -0.15) is 13.2 Å². The van der Waals surface area contributed by atoms with Crippen molar-refractivity contribution in [2.75, 3.05) is 11.9 Å². The summed E-state index contributed by atoms with van der Waals surface area (Å²) in [5, 5.41) is 14.1. The van der Waals surface area contributed by atoms with Crippen LogP contribution in [0.1, 0.15) is 45.8 Å². The number of hydrogen-bond donors (Lipinski definition) is 1. The lowest BCUT2D eigenvalue weighted by molar-refractivity contribution is -0.384. The number of anilines is 1. The molecule has 3 unspecified atom stereocenters. The number of nitro groups is 1. The summed E-state index contributed by atoms with van der Waals surface area (Å²) in [6.07, 6.45) is -3.45. The number of amides is 1. The highest BCUT2D eigenvalue weighted by Gasteiger charge is 2.70. The molecule has 194 valence electrons. The highest BCUT2D eigenvalue weighted by Crippen LogP contribution is 2.62. The van der Waals surface area contributed by atoms with Gasteiger partial charge >= 0.3 is 6.18 Å². The molecule has 4 atom stereocenters. The average molecular weight is 521 g/mol. The van der Waals surface area contributed by atoms with E-state index >= 15 is 0 Å². The topological polar surface area (TPSA) is 92.5 Å². The number of nitrogens with zero attached hydrogens (tertiary/aromatic N) is 2. The third kappa shape index (κ3) is 3.32. The molecule has 7 nitrogen and oxygen atoms in total. The van der Waals surface area contributed by atoms with Gasteiger partial charge in [0.05, 0.1) is 22.1 Å². The number of carbonyl (C=O) groups excluding carboxylic acids is 2. The molecule has 3 aliphatic heterocycles. The molecule has 0 saturated carbocycles. The quantitative estimate of drug-likeness (QED) is 0.277. The summed E-state index contributed by atoms with van der Waals surface area (Å²) in [4.78, 5) is 41.2. The Morgan fingerprint density at radius 3 is 2.50 bits per heavy atom. The van der Waals surface area contributed by atoms with Crippen LogP contribution in [0.2, 0.25) is 0 Å². The van der Waals surface area contributed by atoms with E-state index in [-0.39, 0.29) is 23.0 Å². The number of ketones is 1. The minimum absolute atomic E-state index is 0.117. The van der Waals surface area contributed by atoms with E-state index in [0.29, 0.717) is 30.5 Å². The Hall–Kier alpha value is -4.05. The van der Waals surface area contributed by atoms with Gasteiger partial charge in [0.15, 0.2) is 5.78 Å². The van der Waals surface area contributed by atoms with Gasteiger partial charge in [-0.25, -0.2) is 0 Å². The summed E-state index contributed by atoms with van der Waals surface area (Å²) in [6.45, 7) is 0.401. The van der Waals surface area contributed by atoms with Crippen LogP contribution in [0.15, 0.2) is 72.8 Å². The number of benzene rings is 3. The first-order valence-electron chi connectivity index (χ1n) is 12.3. The monoisotopic (exact) mass is 521 g/mol. The molecule has 1 spiro atoms. The molecule has 0 radical (unpaired) electrons. The number of alkyl halides is 3. The third-order valence-corrected chi connectivity index (χ3v) is 8.15. The minimum Gasteiger partial charge on any atom is -0.323 e. The number of non-ortho nitro benzene ring substituents is 1. The zero-order valence-corrected chi connectivity index (χ0v) is 19.9. The normalized spacial score (nSPS) is 26.3. The van der Waals surface area contributed by atoms with E-state index in [0.717, 1.165) is 6.07 Å². The van der Waals surface area contributed by atoms with Crippen molar-refractivity contribution in [2.24, 2.45) is 5.92 Å². The molecule has 2 saturated heterocycles. The van der Waals surface area contributed by atoms with Crippen LogP contribution in [0.25, 0.3) is 0 Å². The highest BCUT2D eigenvalue weighted by molar-refractivity contribution is 6.13. The lowest BCUT2D eigenvalue weighted by atomic mass is 9.68. The second-order valence-corrected chi connectivity index (χ2v) is 9.94. The Kier molecular flexibility index (Phi) is 5.43. The van der Waals surface area contributed by atoms with Gasteiger partial charge in [-0.1, -0.05) is 54.6 Å². The molecule has 3 aromatic carbocycles. The number of hydrogen-bond acceptors (Lipinski definition) is 5. The van der Waals surface area contributed by atoms with Crippen LogP contribution < -0.4 is 5.32 Å². The first-order valence-corrected chi connectivity index (χ1v) is 12.3. The highest BCUT2D eigenvalue weighted by atomic mass is 19.4. The third-order valence-electron chi connectivity index (χ3n) is 8.15. The number of nitro benzene ring substituents is 1. The van der Waals surface area contributed by atoms with Crippen LogP contribution in [-0.2, 0) is 16.5 Å². The van der Waals surface area contributed by atoms with Gasteiger partial charge in [0.2, 0.25) is 5.91 Å². The van der Waals surface area contributed by atoms with E-state index in [1.807, 2.05) is 4.90 Å². The molecule has 3 aromatic rings. The van der Waals surface area contributed by atoms with Gasteiger partial charge in [0.1, 0.15) is 5.54 Å². The maximum Gasteiger partial charge on any atom is 0.418 e. The summed E-state index contributed by atoms with van der Waals surface area (Å²) in [7, 11) is 0. The first-order chi connectivity index (χ1) is 18.2. The second-order valence-electron chi connectivity index (χ2n) is 9.94. The van der Waals surface area contributed by atoms with Crippen molar-refractivity contribution in [3.63, 3.8) is 0 Å². The van der Waals surface area contributed by atoms with Crippen molar-refractivity contribution in [2.45, 2.75) is 36.5 Å². The molecule has 10 heteroatoms. The first kappa shape index (κ1) is 24.3. The van der Waals surface area contributed by atoms with Gasteiger partial charge in [0.25, 0.3) is 5.69 Å². The number of fused-ring (bicyclic) bond motifs is 4. The van der Waals surface area contributed by atoms with E-state index in [9.17, 15) is 32.9 Å². The molecule has 3 heterocycles. The largest absolute Gasteiger partial charge is 0.418 e. The van der Waals surface area contributed by atoms with E-state index in [4.69, 9.17) is 0 Å². The zero-order valence-electron chi connectivity index (χ0n) is 19.9. The summed E-state index contributed by atoms with van der Waals surface area (Å²) < 4.78 is 42.0. The number of Topliss-reactive ketones (excluding diaryl/α,β-unsaturated/α-hetero) is 1. The van der Waals surface area contributed by atoms with Crippen molar-refractivity contribution in [1.29, 1.82) is 0 Å². The van der Waals surface area contributed by atoms with E-state index < -0.39 is 45.7 Å². The van der Waals surface area contributed by atoms with Gasteiger partial charge in [-0.3, -0.25) is 24.6 Å². The predicted molar refractivity (Wildman–Crippen MR) is 132 cm³/mol. The van der Waals surface area contributed by atoms with Crippen molar-refractivity contribution >= 4 is 23.1 Å². The fraction of sp³-hybridized carbons (Fsp3) is 0.286. The standard InChI is InChI=1S/C28H22F3N3O4/c29-28(30,31)20-12-5-11-19-24(20)32-26(36)27(19)23(25(35)16-7-2-1-3-8-16)22(21-13-6-14-33(21)27)17-9-4-10-18(15-17)34(37)38/h1-5,7-12,15,21-23H,6,13-14H2,(H,32,36)/t21?,22?,23?,27-/m1/s1. The fourth-order valence-electron chi connectivity index (χ4n) is 6.83. The lowest BCUT2D eigenvalue weighted by Gasteiger charge is -2.37. The maximum atomic E-state index is 14.3. The van der Waals surface area contributed by atoms with E-state index in [1.165, 1.54) is 30.3 Å². The summed E-state index contributed by atoms with van der Waals surface area (Å²) in [6, 6.07) is 17.6. The van der Waals surface area contributed by atoms with Crippen molar-refractivity contribution in [3.05, 3.63) is 105 Å². The molecule has 0 bridgehead atoms. The Bertz CT molecular complexity index is 1480. The molecule has 0 aliphatic carbocycles. The van der Waals surface area contributed by atoms with Gasteiger partial charge < -0.3 is 5.32 Å². The van der Waals surface area contributed by atoms with Crippen LogP contribution in [0.4, 0.5) is 24.5 Å². The Morgan fingerprint density at radius 1 is 1.05 bits per heavy atom. The smallest absolute Gasteiger partial charge is 0.323 e. The van der Waals surface area contributed by atoms with E-state index in [2.05, 4.69) is 5.32 Å². The van der Waals surface area contributed by atoms with Crippen LogP contribution >= 0.6 is 0 Å². The molecule has 1 amide bonds. The van der Waals surface area contributed by atoms with Crippen LogP contribution in [0, 0.1) is 16.0 Å². The minimum atomic E-state index is -4.72. The molecular formula is C28H22F3N3O4. The Labute approximate surface area is 215 Å². The summed E-state index contributed by atoms with van der Waals surface area (Å²) in [5.41, 5.74) is -2.21. The second kappa shape index (κ2) is 8.49. The van der Waals surface area contributed by atoms with Crippen molar-refractivity contribution < 1.29 is 27.7 Å². The van der Waals surface area contributed by atoms with Crippen LogP contribution in [0.3, 0.4) is 0 Å². The number of halogens is 3. The molecular weight excluding hydrogens is 499 g/mol. The molecule has 3 aliphatic rings. The predicted octanol–water partition coefficient (Wildman–Crippen LogP) is 5.52. The maximum absolute atomic E-state index is 14.3. The summed E-state index contributed by atoms with van der Waals surface area (Å²) in [5.74, 6) is -2.84. The molecule has 6 rings (SSSR count). The number of carbonyl (C=O) groups is 2. The number of nitrogens with one attached hydrogen (secondary N) is 1. The average Bonchev–Trinajstić information content (AvgIpc) is 3.56. The van der Waals surface area contributed by atoms with Gasteiger partial charge in [-0.15, -0.1) is 0 Å². The van der Waals surface area contributed by atoms with Gasteiger partial charge in [0, 0.05) is 35.2 Å². The number of para-hydroxylation sites is 1. The summed E-state index contributed by atoms with van der Waals surface area (Å²) >= 11 is 0.